The number of aliphatic hydroxyl groups is 1. The molecule has 7 nitrogen and oxygen atoms in total. The third-order valence-electron chi connectivity index (χ3n) is 7.47. The summed E-state index contributed by atoms with van der Waals surface area (Å²) in [5.41, 5.74) is 1.42. The fourth-order valence-electron chi connectivity index (χ4n) is 5.15. The number of carbonyl (C=O) groups excluding carboxylic acids is 1. The molecule has 4 rings (SSSR count). The molecule has 11 heteroatoms. The molecule has 3 aromatic rings. The topological polar surface area (TPSA) is 94.9 Å². The zero-order chi connectivity index (χ0) is 28.9. The Bertz CT molecular complexity index is 1440. The molecule has 0 radical (unpaired) electrons. The number of hydrogen-bond acceptors (Lipinski definition) is 6. The smallest absolute Gasteiger partial charge is 0.249 e. The van der Waals surface area contributed by atoms with E-state index < -0.39 is 41.6 Å². The Morgan fingerprint density at radius 2 is 1.98 bits per heavy atom. The van der Waals surface area contributed by atoms with Crippen molar-refractivity contribution >= 4 is 16.8 Å². The third kappa shape index (κ3) is 6.20. The lowest BCUT2D eigenvalue weighted by Gasteiger charge is -2.40. The summed E-state index contributed by atoms with van der Waals surface area (Å²) >= 11 is 0. The number of hydrogen-bond donors (Lipinski definition) is 3. The van der Waals surface area contributed by atoms with E-state index in [1.807, 2.05) is 4.90 Å². The Kier molecular flexibility index (Phi) is 9.25. The molecule has 0 aliphatic carbocycles. The van der Waals surface area contributed by atoms with Crippen LogP contribution in [0, 0.1) is 34.7 Å². The van der Waals surface area contributed by atoms with Crippen molar-refractivity contribution in [2.75, 3.05) is 26.7 Å². The van der Waals surface area contributed by atoms with Crippen molar-refractivity contribution < 1.29 is 37.4 Å². The van der Waals surface area contributed by atoms with Crippen LogP contribution >= 0.6 is 0 Å². The fourth-order valence-corrected chi connectivity index (χ4v) is 5.15. The van der Waals surface area contributed by atoms with E-state index in [9.17, 15) is 28.3 Å². The minimum absolute atomic E-state index is 0.0546. The first-order valence-corrected chi connectivity index (χ1v) is 12.7. The predicted octanol–water partition coefficient (Wildman–Crippen LogP) is 4.58. The van der Waals surface area contributed by atoms with Gasteiger partial charge >= 0.3 is 0 Å². The predicted molar refractivity (Wildman–Crippen MR) is 139 cm³/mol. The van der Waals surface area contributed by atoms with Crippen molar-refractivity contribution in [3.05, 3.63) is 70.7 Å². The molecule has 1 fully saturated rings. The minimum Gasteiger partial charge on any atom is -0.497 e. The van der Waals surface area contributed by atoms with Crippen LogP contribution in [0.25, 0.3) is 10.9 Å². The van der Waals surface area contributed by atoms with E-state index >= 15 is 4.39 Å². The van der Waals surface area contributed by atoms with E-state index in [2.05, 4.69) is 16.8 Å². The number of nitrogens with zero attached hydrogens (tertiary/aromatic N) is 2. The Labute approximate surface area is 228 Å². The summed E-state index contributed by atoms with van der Waals surface area (Å²) < 4.78 is 61.7. The molecule has 1 saturated heterocycles. The number of piperidine rings is 1. The minimum atomic E-state index is -1.53. The molecule has 0 saturated carbocycles. The number of hydroxylamine groups is 1. The Hall–Kier alpha value is -3.72. The van der Waals surface area contributed by atoms with Crippen LogP contribution in [-0.4, -0.2) is 52.8 Å². The van der Waals surface area contributed by atoms with Crippen molar-refractivity contribution in [1.29, 1.82) is 0 Å². The number of methoxy groups -OCH3 is 1. The number of fused-ring (bicyclic) bond motifs is 1. The largest absolute Gasteiger partial charge is 0.497 e. The van der Waals surface area contributed by atoms with E-state index in [4.69, 9.17) is 4.74 Å². The lowest BCUT2D eigenvalue weighted by molar-refractivity contribution is -0.143. The Balaban J connectivity index is 1.47. The van der Waals surface area contributed by atoms with Gasteiger partial charge in [0.25, 0.3) is 0 Å². The molecular formula is C29H29F4N3O4. The molecule has 1 atom stereocenters. The zero-order valence-corrected chi connectivity index (χ0v) is 21.8. The molecule has 1 aromatic heterocycles. The first-order valence-electron chi connectivity index (χ1n) is 12.7. The average Bonchev–Trinajstić information content (AvgIpc) is 2.97. The molecule has 40 heavy (non-hydrogen) atoms. The number of aromatic nitrogens is 1. The summed E-state index contributed by atoms with van der Waals surface area (Å²) in [5.74, 6) is 1.55. The highest BCUT2D eigenvalue weighted by Crippen LogP contribution is 2.41. The molecule has 0 spiro atoms. The average molecular weight is 560 g/mol. The van der Waals surface area contributed by atoms with Gasteiger partial charge in [-0.25, -0.2) is 23.0 Å². The number of benzene rings is 2. The van der Waals surface area contributed by atoms with Gasteiger partial charge in [0, 0.05) is 41.9 Å². The Morgan fingerprint density at radius 1 is 1.23 bits per heavy atom. The molecule has 1 aliphatic heterocycles. The fraction of sp³-hybridized carbons (Fsp3) is 0.379. The van der Waals surface area contributed by atoms with Gasteiger partial charge < -0.3 is 9.84 Å². The van der Waals surface area contributed by atoms with Crippen LogP contribution in [0.1, 0.15) is 48.5 Å². The van der Waals surface area contributed by atoms with Gasteiger partial charge in [0.1, 0.15) is 17.7 Å². The van der Waals surface area contributed by atoms with E-state index in [1.165, 1.54) is 13.3 Å². The van der Waals surface area contributed by atoms with Crippen molar-refractivity contribution in [3.63, 3.8) is 0 Å². The van der Waals surface area contributed by atoms with Gasteiger partial charge in [-0.2, -0.15) is 0 Å². The number of amides is 1. The summed E-state index contributed by atoms with van der Waals surface area (Å²) in [6, 6.07) is 6.32. The summed E-state index contributed by atoms with van der Waals surface area (Å²) in [6.07, 6.45) is 0.529. The number of aliphatic hydroxyl groups excluding tert-OH is 1. The van der Waals surface area contributed by atoms with E-state index in [1.54, 1.807) is 23.7 Å². The summed E-state index contributed by atoms with van der Waals surface area (Å²) in [5, 5.41) is 19.8. The van der Waals surface area contributed by atoms with Crippen LogP contribution < -0.4 is 10.2 Å². The second-order valence-electron chi connectivity index (χ2n) is 9.79. The standard InChI is InChI=1S/C29H29F4N3O4/c1-40-21-4-5-25-22(15-21)26(19(17-37)16-34-25)23(31)6-7-29(28(38)35-39)8-11-36(12-9-29)10-2-3-18-13-20(30)14-24(32)27(18)33/h4-5,13-16,23,37,39H,6-12,17H2,1H3,(H,35,38)/t23-/m1/s1. The maximum absolute atomic E-state index is 15.8. The number of carbonyl (C=O) groups is 1. The van der Waals surface area contributed by atoms with E-state index in [0.29, 0.717) is 41.4 Å². The van der Waals surface area contributed by atoms with Crippen molar-refractivity contribution in [1.82, 2.24) is 15.4 Å². The van der Waals surface area contributed by atoms with Crippen LogP contribution in [0.5, 0.6) is 5.75 Å². The number of alkyl halides is 1. The van der Waals surface area contributed by atoms with Crippen molar-refractivity contribution in [2.45, 2.75) is 38.5 Å². The normalized spacial score (nSPS) is 15.8. The van der Waals surface area contributed by atoms with Gasteiger partial charge in [-0.3, -0.25) is 19.9 Å². The molecule has 1 amide bonds. The summed E-state index contributed by atoms with van der Waals surface area (Å²) in [6.45, 7) is 0.484. The number of likely N-dealkylation sites (tertiary alicyclic amines) is 1. The van der Waals surface area contributed by atoms with Gasteiger partial charge in [0.05, 0.1) is 36.8 Å². The molecule has 0 bridgehead atoms. The highest BCUT2D eigenvalue weighted by molar-refractivity contribution is 5.85. The SMILES string of the molecule is COc1ccc2ncc(CO)c([C@H](F)CCC3(C(=O)NO)CCN(CC#Cc4cc(F)cc(F)c4F)CC3)c2c1. The highest BCUT2D eigenvalue weighted by Gasteiger charge is 2.41. The quantitative estimate of drug-likeness (QED) is 0.123. The first-order chi connectivity index (χ1) is 19.2. The number of pyridine rings is 1. The molecule has 212 valence electrons. The monoisotopic (exact) mass is 559 g/mol. The highest BCUT2D eigenvalue weighted by atomic mass is 19.2. The lowest BCUT2D eigenvalue weighted by atomic mass is 9.73. The summed E-state index contributed by atoms with van der Waals surface area (Å²) in [7, 11) is 1.49. The van der Waals surface area contributed by atoms with Gasteiger partial charge in [-0.05, 0) is 49.9 Å². The second kappa shape index (κ2) is 12.6. The second-order valence-corrected chi connectivity index (χ2v) is 9.79. The molecule has 2 aromatic carbocycles. The molecule has 0 unspecified atom stereocenters. The van der Waals surface area contributed by atoms with Crippen LogP contribution in [-0.2, 0) is 11.4 Å². The molecule has 2 heterocycles. The van der Waals surface area contributed by atoms with Gasteiger partial charge in [0.2, 0.25) is 5.91 Å². The first kappa shape index (κ1) is 29.3. The van der Waals surface area contributed by atoms with Crippen molar-refractivity contribution in [2.24, 2.45) is 5.41 Å². The molecule has 3 N–H and O–H groups in total. The lowest BCUT2D eigenvalue weighted by Crippen LogP contribution is -2.48. The Morgan fingerprint density at radius 3 is 2.65 bits per heavy atom. The van der Waals surface area contributed by atoms with Gasteiger partial charge in [-0.15, -0.1) is 0 Å². The van der Waals surface area contributed by atoms with Gasteiger partial charge in [-0.1, -0.05) is 11.8 Å². The number of ether oxygens (including phenoxy) is 1. The van der Waals surface area contributed by atoms with Crippen LogP contribution in [0.4, 0.5) is 17.6 Å². The number of halogens is 4. The maximum atomic E-state index is 15.8. The van der Waals surface area contributed by atoms with E-state index in [0.717, 1.165) is 6.07 Å². The van der Waals surface area contributed by atoms with Crippen LogP contribution in [0.3, 0.4) is 0 Å². The van der Waals surface area contributed by atoms with Crippen molar-refractivity contribution in [3.8, 4) is 17.6 Å². The van der Waals surface area contributed by atoms with Crippen LogP contribution in [0.15, 0.2) is 36.5 Å². The summed E-state index contributed by atoms with van der Waals surface area (Å²) in [4.78, 5) is 18.9. The zero-order valence-electron chi connectivity index (χ0n) is 21.8. The molecule has 1 aliphatic rings. The maximum Gasteiger partial charge on any atom is 0.249 e. The van der Waals surface area contributed by atoms with E-state index in [-0.39, 0.29) is 43.4 Å². The number of nitrogens with one attached hydrogen (secondary N) is 1. The molecular weight excluding hydrogens is 530 g/mol. The third-order valence-corrected chi connectivity index (χ3v) is 7.47. The number of rotatable bonds is 8. The van der Waals surface area contributed by atoms with Gasteiger partial charge in [0.15, 0.2) is 11.6 Å². The van der Waals surface area contributed by atoms with Crippen LogP contribution in [0.2, 0.25) is 0 Å².